The van der Waals surface area contributed by atoms with Gasteiger partial charge in [0.15, 0.2) is 29.1 Å². The van der Waals surface area contributed by atoms with Crippen LogP contribution in [0.15, 0.2) is 24.3 Å². The fourth-order valence-electron chi connectivity index (χ4n) is 3.63. The minimum Gasteiger partial charge on any atom is -0.504 e. The van der Waals surface area contributed by atoms with E-state index < -0.39 is 42.4 Å². The number of benzene rings is 2. The van der Waals surface area contributed by atoms with Crippen molar-refractivity contribution in [2.75, 3.05) is 28.4 Å². The Morgan fingerprint density at radius 2 is 1.44 bits per heavy atom. The van der Waals surface area contributed by atoms with Crippen LogP contribution in [0, 0.1) is 0 Å². The van der Waals surface area contributed by atoms with Gasteiger partial charge in [-0.3, -0.25) is 0 Å². The molecule has 1 heterocycles. The number of phenolic OH excluding ortho intramolecular Hbond substituents is 1. The topological polar surface area (TPSA) is 174 Å². The highest BCUT2D eigenvalue weighted by atomic mass is 16.7. The Kier molecular flexibility index (Phi) is 8.48. The summed E-state index contributed by atoms with van der Waals surface area (Å²) in [6, 6.07) is 6.40. The van der Waals surface area contributed by atoms with E-state index in [0.717, 1.165) is 0 Å². The maximum absolute atomic E-state index is 11.4. The lowest BCUT2D eigenvalue weighted by molar-refractivity contribution is -0.271. The van der Waals surface area contributed by atoms with Crippen molar-refractivity contribution < 1.29 is 58.7 Å². The van der Waals surface area contributed by atoms with E-state index >= 15 is 0 Å². The Labute approximate surface area is 206 Å². The van der Waals surface area contributed by atoms with Crippen molar-refractivity contribution in [1.82, 2.24) is 0 Å². The van der Waals surface area contributed by atoms with Gasteiger partial charge in [0.25, 0.3) is 0 Å². The first-order valence-electron chi connectivity index (χ1n) is 10.6. The Hall–Kier alpha value is -3.71. The monoisotopic (exact) mass is 508 g/mol. The summed E-state index contributed by atoms with van der Waals surface area (Å²) in [5, 5.41) is 50.3. The molecule has 1 aliphatic heterocycles. The van der Waals surface area contributed by atoms with Crippen LogP contribution in [0.4, 0.5) is 0 Å². The predicted octanol–water partition coefficient (Wildman–Crippen LogP) is 0.868. The first-order valence-corrected chi connectivity index (χ1v) is 10.6. The maximum Gasteiger partial charge on any atom is 0.335 e. The zero-order chi connectivity index (χ0) is 26.6. The second-order valence-corrected chi connectivity index (χ2v) is 7.68. The fraction of sp³-hybridized carbons (Fsp3) is 0.375. The van der Waals surface area contributed by atoms with Gasteiger partial charge in [-0.1, -0.05) is 12.2 Å². The second-order valence-electron chi connectivity index (χ2n) is 7.68. The molecule has 0 amide bonds. The van der Waals surface area contributed by atoms with Crippen LogP contribution >= 0.6 is 0 Å². The minimum atomic E-state index is -1.89. The molecule has 1 fully saturated rings. The van der Waals surface area contributed by atoms with Crippen LogP contribution in [0.1, 0.15) is 11.1 Å². The number of hydrogen-bond acceptors (Lipinski definition) is 11. The molecule has 0 saturated carbocycles. The van der Waals surface area contributed by atoms with Gasteiger partial charge < -0.3 is 54.0 Å². The lowest BCUT2D eigenvalue weighted by Gasteiger charge is -2.38. The summed E-state index contributed by atoms with van der Waals surface area (Å²) < 4.78 is 31.9. The van der Waals surface area contributed by atoms with Gasteiger partial charge in [0.05, 0.1) is 28.4 Å². The van der Waals surface area contributed by atoms with E-state index in [4.69, 9.17) is 28.4 Å². The van der Waals surface area contributed by atoms with Gasteiger partial charge in [0.1, 0.15) is 18.3 Å². The third-order valence-electron chi connectivity index (χ3n) is 5.54. The highest BCUT2D eigenvalue weighted by Crippen LogP contribution is 2.42. The number of rotatable bonds is 9. The second kappa shape index (κ2) is 11.4. The lowest BCUT2D eigenvalue weighted by Crippen LogP contribution is -2.61. The van der Waals surface area contributed by atoms with Gasteiger partial charge in [-0.15, -0.1) is 0 Å². The van der Waals surface area contributed by atoms with Crippen LogP contribution < -0.4 is 23.7 Å². The molecule has 0 aromatic heterocycles. The smallest absolute Gasteiger partial charge is 0.335 e. The van der Waals surface area contributed by atoms with E-state index in [9.17, 15) is 30.3 Å². The summed E-state index contributed by atoms with van der Waals surface area (Å²) >= 11 is 0. The number of aromatic hydroxyl groups is 1. The molecule has 1 saturated heterocycles. The summed E-state index contributed by atoms with van der Waals surface area (Å²) in [4.78, 5) is 11.4. The van der Waals surface area contributed by atoms with Crippen molar-refractivity contribution in [3.8, 4) is 34.5 Å². The van der Waals surface area contributed by atoms with Crippen LogP contribution in [-0.4, -0.2) is 90.6 Å². The van der Waals surface area contributed by atoms with Gasteiger partial charge in [0.2, 0.25) is 17.8 Å². The molecule has 5 N–H and O–H groups in total. The molecular formula is C24H28O12. The number of phenols is 1. The first kappa shape index (κ1) is 26.9. The third-order valence-corrected chi connectivity index (χ3v) is 5.54. The number of ether oxygens (including phenoxy) is 6. The molecule has 0 bridgehead atoms. The van der Waals surface area contributed by atoms with Crippen LogP contribution in [-0.2, 0) is 9.53 Å². The Morgan fingerprint density at radius 1 is 0.833 bits per heavy atom. The molecule has 3 rings (SSSR count). The van der Waals surface area contributed by atoms with Crippen LogP contribution in [0.25, 0.3) is 12.2 Å². The number of aliphatic hydroxyl groups is 3. The molecular weight excluding hydrogens is 480 g/mol. The lowest BCUT2D eigenvalue weighted by atomic mass is 9.99. The molecule has 36 heavy (non-hydrogen) atoms. The molecule has 2 aromatic rings. The Balaban J connectivity index is 1.95. The number of carbonyl (C=O) groups is 1. The van der Waals surface area contributed by atoms with E-state index in [2.05, 4.69) is 0 Å². The molecule has 5 atom stereocenters. The zero-order valence-electron chi connectivity index (χ0n) is 19.9. The quantitative estimate of drug-likeness (QED) is 0.303. The molecule has 12 nitrogen and oxygen atoms in total. The maximum atomic E-state index is 11.4. The normalized spacial score (nSPS) is 23.8. The average molecular weight is 508 g/mol. The molecule has 2 aromatic carbocycles. The zero-order valence-corrected chi connectivity index (χ0v) is 19.9. The van der Waals surface area contributed by atoms with Gasteiger partial charge in [0, 0.05) is 5.56 Å². The van der Waals surface area contributed by atoms with Gasteiger partial charge in [-0.25, -0.2) is 4.79 Å². The Bertz CT molecular complexity index is 1090. The van der Waals surface area contributed by atoms with Crippen molar-refractivity contribution in [3.05, 3.63) is 35.4 Å². The summed E-state index contributed by atoms with van der Waals surface area (Å²) in [6.07, 6.45) is -5.98. The highest BCUT2D eigenvalue weighted by Gasteiger charge is 2.48. The van der Waals surface area contributed by atoms with Crippen molar-refractivity contribution in [2.24, 2.45) is 0 Å². The molecule has 196 valence electrons. The number of carboxylic acids is 1. The van der Waals surface area contributed by atoms with Crippen LogP contribution in [0.3, 0.4) is 0 Å². The van der Waals surface area contributed by atoms with E-state index in [1.165, 1.54) is 40.6 Å². The standard InChI is InChI=1S/C24H28O12/c1-31-13-8-7-12(6-5-11-9-14(32-2)20(34-4)15(10-11)33-3)16(25)21(13)35-24-19(28)17(26)18(27)22(36-24)23(29)30/h5-10,17-19,22,24-28H,1-4H3,(H,29,30)/b6-5+/t17-,18-,19+,22-,24+/m0/s1. The average Bonchev–Trinajstić information content (AvgIpc) is 2.88. The van der Waals surface area contributed by atoms with Crippen molar-refractivity contribution in [2.45, 2.75) is 30.7 Å². The highest BCUT2D eigenvalue weighted by molar-refractivity contribution is 5.77. The van der Waals surface area contributed by atoms with Crippen LogP contribution in [0.5, 0.6) is 34.5 Å². The van der Waals surface area contributed by atoms with E-state index in [1.54, 1.807) is 24.3 Å². The first-order chi connectivity index (χ1) is 17.2. The van der Waals surface area contributed by atoms with Crippen molar-refractivity contribution >= 4 is 18.1 Å². The summed E-state index contributed by atoms with van der Waals surface area (Å²) in [5.41, 5.74) is 0.912. The number of methoxy groups -OCH3 is 4. The number of carboxylic acid groups (broad SMARTS) is 1. The number of aliphatic carboxylic acids is 1. The van der Waals surface area contributed by atoms with Gasteiger partial charge >= 0.3 is 5.97 Å². The summed E-state index contributed by atoms with van der Waals surface area (Å²) in [7, 11) is 5.76. The van der Waals surface area contributed by atoms with Crippen molar-refractivity contribution in [1.29, 1.82) is 0 Å². The number of hydrogen-bond donors (Lipinski definition) is 5. The SMILES string of the molecule is COc1cc(/C=C/c2ccc(OC)c(O[C@@H]3O[C@H](C(=O)O)[C@@H](O)[C@H](O)[C@H]3O)c2O)cc(OC)c1OC. The van der Waals surface area contributed by atoms with Gasteiger partial charge in [-0.2, -0.15) is 0 Å². The summed E-state index contributed by atoms with van der Waals surface area (Å²) in [6.45, 7) is 0. The van der Waals surface area contributed by atoms with Gasteiger partial charge in [-0.05, 0) is 29.8 Å². The molecule has 12 heteroatoms. The molecule has 0 radical (unpaired) electrons. The fourth-order valence-corrected chi connectivity index (χ4v) is 3.63. The molecule has 0 aliphatic carbocycles. The van der Waals surface area contributed by atoms with Crippen molar-refractivity contribution in [3.63, 3.8) is 0 Å². The number of aliphatic hydroxyl groups excluding tert-OH is 3. The molecule has 1 aliphatic rings. The Morgan fingerprint density at radius 3 is 1.97 bits per heavy atom. The molecule has 0 spiro atoms. The van der Waals surface area contributed by atoms with E-state index in [-0.39, 0.29) is 17.1 Å². The van der Waals surface area contributed by atoms with E-state index in [0.29, 0.717) is 22.8 Å². The van der Waals surface area contributed by atoms with E-state index in [1.807, 2.05) is 0 Å². The third kappa shape index (κ3) is 5.26. The van der Waals surface area contributed by atoms with Crippen LogP contribution in [0.2, 0.25) is 0 Å². The minimum absolute atomic E-state index is 0.0423. The largest absolute Gasteiger partial charge is 0.504 e. The predicted molar refractivity (Wildman–Crippen MR) is 125 cm³/mol. The summed E-state index contributed by atoms with van der Waals surface area (Å²) in [5.74, 6) is -0.949. The molecule has 0 unspecified atom stereocenters.